The predicted molar refractivity (Wildman–Crippen MR) is 144 cm³/mol. The summed E-state index contributed by atoms with van der Waals surface area (Å²) in [6, 6.07) is 5.03. The van der Waals surface area contributed by atoms with Gasteiger partial charge in [0.05, 0.1) is 29.0 Å². The highest BCUT2D eigenvalue weighted by Crippen LogP contribution is 2.44. The van der Waals surface area contributed by atoms with Crippen molar-refractivity contribution in [1.82, 2.24) is 19.9 Å². The fourth-order valence-electron chi connectivity index (χ4n) is 5.49. The number of rotatable bonds is 8. The molecule has 14 heteroatoms. The van der Waals surface area contributed by atoms with Crippen LogP contribution in [0.1, 0.15) is 25.8 Å². The molecule has 2 saturated heterocycles. The molecule has 12 nitrogen and oxygen atoms in total. The second kappa shape index (κ2) is 10.4. The van der Waals surface area contributed by atoms with E-state index in [1.54, 1.807) is 6.07 Å². The van der Waals surface area contributed by atoms with Gasteiger partial charge in [0.25, 0.3) is 5.69 Å². The first kappa shape index (κ1) is 27.4. The van der Waals surface area contributed by atoms with Gasteiger partial charge in [-0.2, -0.15) is 4.98 Å². The van der Waals surface area contributed by atoms with Crippen molar-refractivity contribution in [1.29, 1.82) is 0 Å². The lowest BCUT2D eigenvalue weighted by Gasteiger charge is -2.27. The third-order valence-electron chi connectivity index (χ3n) is 7.32. The van der Waals surface area contributed by atoms with E-state index in [-0.39, 0.29) is 40.6 Å². The molecule has 0 amide bonds. The highest BCUT2D eigenvalue weighted by molar-refractivity contribution is 5.77. The number of hydrogen-bond acceptors (Lipinski definition) is 11. The van der Waals surface area contributed by atoms with Gasteiger partial charge in [0.2, 0.25) is 11.9 Å². The van der Waals surface area contributed by atoms with Gasteiger partial charge in [-0.1, -0.05) is 0 Å². The second-order valence-corrected chi connectivity index (χ2v) is 10.6. The molecule has 212 valence electrons. The number of nitro groups is 1. The van der Waals surface area contributed by atoms with Gasteiger partial charge < -0.3 is 30.3 Å². The minimum absolute atomic E-state index is 0.0175. The molecular weight excluding hydrogens is 526 g/mol. The lowest BCUT2D eigenvalue weighted by molar-refractivity contribution is -0.384. The van der Waals surface area contributed by atoms with E-state index in [2.05, 4.69) is 42.4 Å². The van der Waals surface area contributed by atoms with Gasteiger partial charge >= 0.3 is 0 Å². The van der Waals surface area contributed by atoms with Crippen LogP contribution >= 0.6 is 0 Å². The van der Waals surface area contributed by atoms with Crippen molar-refractivity contribution >= 4 is 34.6 Å². The summed E-state index contributed by atoms with van der Waals surface area (Å²) < 4.78 is 33.5. The van der Waals surface area contributed by atoms with Gasteiger partial charge in [-0.3, -0.25) is 10.1 Å². The average Bonchev–Trinajstić information content (AvgIpc) is 3.44. The molecule has 0 bridgehead atoms. The quantitative estimate of drug-likeness (QED) is 0.274. The number of benzene rings is 2. The fourth-order valence-corrected chi connectivity index (χ4v) is 5.49. The van der Waals surface area contributed by atoms with Crippen LogP contribution in [0, 0.1) is 27.7 Å². The number of nitrogens with zero attached hydrogens (tertiary/aromatic N) is 6. The molecule has 2 atom stereocenters. The molecule has 3 heterocycles. The Morgan fingerprint density at radius 2 is 1.77 bits per heavy atom. The maximum Gasteiger partial charge on any atom is 0.294 e. The van der Waals surface area contributed by atoms with E-state index in [9.17, 15) is 24.0 Å². The summed E-state index contributed by atoms with van der Waals surface area (Å²) in [6.45, 7) is 5.38. The zero-order chi connectivity index (χ0) is 28.8. The Morgan fingerprint density at radius 3 is 2.42 bits per heavy atom. The van der Waals surface area contributed by atoms with Crippen molar-refractivity contribution in [2.45, 2.75) is 31.9 Å². The molecule has 3 aromatic rings. The Labute approximate surface area is 229 Å². The van der Waals surface area contributed by atoms with Gasteiger partial charge in [0, 0.05) is 49.4 Å². The average molecular weight is 557 g/mol. The maximum atomic E-state index is 14.0. The van der Waals surface area contributed by atoms with E-state index in [0.29, 0.717) is 17.4 Å². The Kier molecular flexibility index (Phi) is 7.14. The van der Waals surface area contributed by atoms with Crippen molar-refractivity contribution in [2.75, 3.05) is 49.3 Å². The third-order valence-corrected chi connectivity index (χ3v) is 7.32. The maximum absolute atomic E-state index is 14.0. The molecule has 2 aliphatic heterocycles. The smallest absolute Gasteiger partial charge is 0.294 e. The van der Waals surface area contributed by atoms with Crippen LogP contribution in [0.2, 0.25) is 0 Å². The zero-order valence-corrected chi connectivity index (χ0v) is 22.5. The van der Waals surface area contributed by atoms with Crippen LogP contribution in [0.3, 0.4) is 0 Å². The van der Waals surface area contributed by atoms with Crippen LogP contribution in [0.4, 0.5) is 43.4 Å². The summed E-state index contributed by atoms with van der Waals surface area (Å²) in [7, 11) is 3.52. The molecule has 3 N–H and O–H groups in total. The van der Waals surface area contributed by atoms with Gasteiger partial charge in [0.15, 0.2) is 11.6 Å². The molecule has 0 saturated carbocycles. The van der Waals surface area contributed by atoms with E-state index in [4.69, 9.17) is 4.74 Å². The number of likely N-dealkylation sites (N-methyl/N-ethyl adjacent to an activating group) is 1. The molecule has 2 fully saturated rings. The Hall–Kier alpha value is -4.17. The molecule has 0 aliphatic carbocycles. The molecule has 0 unspecified atom stereocenters. The number of nitro benzene ring substituents is 1. The number of aliphatic hydroxyl groups is 1. The monoisotopic (exact) mass is 556 g/mol. The molecular formula is C26H30F2N8O4. The number of ether oxygens (including phenoxy) is 1. The van der Waals surface area contributed by atoms with Crippen LogP contribution < -0.4 is 20.3 Å². The number of hydrogen-bond donors (Lipinski definition) is 3. The van der Waals surface area contributed by atoms with E-state index in [0.717, 1.165) is 38.2 Å². The summed E-state index contributed by atoms with van der Waals surface area (Å²) in [5, 5.41) is 28.3. The zero-order valence-electron chi connectivity index (χ0n) is 22.5. The van der Waals surface area contributed by atoms with Gasteiger partial charge in [-0.05, 0) is 39.3 Å². The number of fused-ring (bicyclic) bond motifs is 1. The predicted octanol–water partition coefficient (Wildman–Crippen LogP) is 3.92. The molecule has 40 heavy (non-hydrogen) atoms. The Balaban J connectivity index is 1.45. The van der Waals surface area contributed by atoms with Crippen LogP contribution in [0.5, 0.6) is 5.75 Å². The van der Waals surface area contributed by atoms with Crippen LogP contribution in [-0.4, -0.2) is 69.7 Å². The lowest BCUT2D eigenvalue weighted by atomic mass is 9.96. The van der Waals surface area contributed by atoms with Crippen molar-refractivity contribution in [3.8, 4) is 5.75 Å². The Bertz CT molecular complexity index is 1450. The van der Waals surface area contributed by atoms with E-state index >= 15 is 0 Å². The van der Waals surface area contributed by atoms with Crippen molar-refractivity contribution < 1.29 is 23.5 Å². The molecule has 0 radical (unpaired) electrons. The summed E-state index contributed by atoms with van der Waals surface area (Å²) >= 11 is 0. The summed E-state index contributed by atoms with van der Waals surface area (Å²) in [5.41, 5.74) is -0.676. The third kappa shape index (κ3) is 5.31. The van der Waals surface area contributed by atoms with Crippen molar-refractivity contribution in [3.05, 3.63) is 57.9 Å². The molecule has 5 rings (SSSR count). The van der Waals surface area contributed by atoms with Crippen molar-refractivity contribution in [3.63, 3.8) is 0 Å². The minimum atomic E-state index is -1.50. The van der Waals surface area contributed by atoms with E-state index < -0.39 is 22.2 Å². The second-order valence-electron chi connectivity index (χ2n) is 10.6. The molecule has 2 aromatic carbocycles. The number of anilines is 5. The highest BCUT2D eigenvalue weighted by Gasteiger charge is 2.42. The number of halogens is 2. The van der Waals surface area contributed by atoms with Crippen LogP contribution in [0.15, 0.2) is 30.6 Å². The topological polar surface area (TPSA) is 142 Å². The highest BCUT2D eigenvalue weighted by atomic mass is 19.2. The number of nitrogens with one attached hydrogen (secondary N) is 2. The first-order chi connectivity index (χ1) is 18.9. The van der Waals surface area contributed by atoms with Crippen LogP contribution in [0.25, 0.3) is 0 Å². The summed E-state index contributed by atoms with van der Waals surface area (Å²) in [6.07, 6.45) is 2.14. The summed E-state index contributed by atoms with van der Waals surface area (Å²) in [5.74, 6) is -1.43. The molecule has 0 spiro atoms. The van der Waals surface area contributed by atoms with Gasteiger partial charge in [-0.15, -0.1) is 0 Å². The minimum Gasteiger partial charge on any atom is -0.494 e. The fraction of sp³-hybridized carbons (Fsp3) is 0.423. The Morgan fingerprint density at radius 1 is 1.10 bits per heavy atom. The number of methoxy groups -OCH3 is 1. The number of likely N-dealkylation sites (tertiary alicyclic amines) is 1. The molecule has 2 aliphatic rings. The standard InChI is InChI=1S/C26H30F2N8O4/c1-26(2,37)15-7-16(27)17(28)8-18(15)31-24-29-13-30-25(33-24)32-19-9-21(36(38)39)20(10-23(19)40-4)35-6-5-14-11-34(3)12-22(14)35/h7-10,13-14,22,37H,5-6,11-12H2,1-4H3,(H2,29,30,31,32,33)/t14-,22+/m1/s1. The van der Waals surface area contributed by atoms with Crippen LogP contribution in [-0.2, 0) is 5.60 Å². The number of aromatic nitrogens is 3. The normalized spacial score (nSPS) is 19.0. The first-order valence-electron chi connectivity index (χ1n) is 12.7. The van der Waals surface area contributed by atoms with Crippen molar-refractivity contribution in [2.24, 2.45) is 5.92 Å². The van der Waals surface area contributed by atoms with Gasteiger partial charge in [0.1, 0.15) is 17.8 Å². The van der Waals surface area contributed by atoms with E-state index in [1.807, 2.05) is 0 Å². The molecule has 1 aromatic heterocycles. The van der Waals surface area contributed by atoms with E-state index in [1.165, 1.54) is 33.4 Å². The summed E-state index contributed by atoms with van der Waals surface area (Å²) in [4.78, 5) is 28.4. The lowest BCUT2D eigenvalue weighted by Crippen LogP contribution is -2.34. The van der Waals surface area contributed by atoms with Gasteiger partial charge in [-0.25, -0.2) is 18.7 Å². The first-order valence-corrected chi connectivity index (χ1v) is 12.7. The largest absolute Gasteiger partial charge is 0.494 e. The SMILES string of the molecule is COc1cc(N2CC[C@@H]3CN(C)C[C@@H]32)c([N+](=O)[O-])cc1Nc1ncnc(Nc2cc(F)c(F)cc2C(C)(C)O)n1.